The highest BCUT2D eigenvalue weighted by molar-refractivity contribution is 7.15. The van der Waals surface area contributed by atoms with Crippen molar-refractivity contribution in [2.45, 2.75) is 32.7 Å². The summed E-state index contributed by atoms with van der Waals surface area (Å²) in [4.78, 5) is 29.5. The van der Waals surface area contributed by atoms with Crippen LogP contribution in [0.3, 0.4) is 0 Å². The van der Waals surface area contributed by atoms with E-state index >= 15 is 0 Å². The topological polar surface area (TPSA) is 63.5 Å². The third kappa shape index (κ3) is 3.10. The summed E-state index contributed by atoms with van der Waals surface area (Å²) in [5.41, 5.74) is 1.96. The van der Waals surface area contributed by atoms with Crippen molar-refractivity contribution in [3.63, 3.8) is 0 Å². The quantitative estimate of drug-likeness (QED) is 0.791. The van der Waals surface area contributed by atoms with E-state index in [0.29, 0.717) is 10.9 Å². The van der Waals surface area contributed by atoms with Crippen LogP contribution in [0.4, 0.5) is 0 Å². The van der Waals surface area contributed by atoms with Crippen LogP contribution in [0.5, 0.6) is 0 Å². The summed E-state index contributed by atoms with van der Waals surface area (Å²) >= 11 is 1.36. The SMILES string of the molecule is CC(C)c1ccc([C@H](C)NC(=O)c2cnc3sccn3c2=O)cc1. The molecule has 0 aliphatic heterocycles. The number of rotatable bonds is 4. The number of benzene rings is 1. The molecule has 0 bridgehead atoms. The Morgan fingerprint density at radius 2 is 1.83 bits per heavy atom. The Morgan fingerprint density at radius 3 is 2.50 bits per heavy atom. The Balaban J connectivity index is 1.80. The van der Waals surface area contributed by atoms with Gasteiger partial charge in [-0.05, 0) is 24.0 Å². The Bertz CT molecular complexity index is 925. The number of amides is 1. The lowest BCUT2D eigenvalue weighted by Gasteiger charge is -2.15. The molecule has 3 aromatic rings. The summed E-state index contributed by atoms with van der Waals surface area (Å²) < 4.78 is 1.39. The van der Waals surface area contributed by atoms with Gasteiger partial charge in [0.25, 0.3) is 11.5 Å². The third-order valence-electron chi connectivity index (χ3n) is 4.04. The van der Waals surface area contributed by atoms with Crippen molar-refractivity contribution >= 4 is 22.2 Å². The van der Waals surface area contributed by atoms with Crippen LogP contribution >= 0.6 is 11.3 Å². The van der Waals surface area contributed by atoms with E-state index in [1.807, 2.05) is 19.1 Å². The summed E-state index contributed by atoms with van der Waals surface area (Å²) in [5, 5.41) is 4.64. The second-order valence-electron chi connectivity index (χ2n) is 6.05. The van der Waals surface area contributed by atoms with Crippen LogP contribution in [0.2, 0.25) is 0 Å². The van der Waals surface area contributed by atoms with E-state index in [1.165, 1.54) is 27.5 Å². The molecule has 0 saturated heterocycles. The second-order valence-corrected chi connectivity index (χ2v) is 6.92. The molecule has 0 aliphatic carbocycles. The fraction of sp³-hybridized carbons (Fsp3) is 0.278. The molecule has 5 nitrogen and oxygen atoms in total. The van der Waals surface area contributed by atoms with E-state index < -0.39 is 5.91 Å². The van der Waals surface area contributed by atoms with Crippen molar-refractivity contribution in [3.05, 3.63) is 69.1 Å². The number of hydrogen-bond donors (Lipinski definition) is 1. The lowest BCUT2D eigenvalue weighted by atomic mass is 9.99. The predicted octanol–water partition coefficient (Wildman–Crippen LogP) is 3.37. The van der Waals surface area contributed by atoms with Crippen LogP contribution in [-0.4, -0.2) is 15.3 Å². The highest BCUT2D eigenvalue weighted by Crippen LogP contribution is 2.18. The Kier molecular flexibility index (Phi) is 4.49. The van der Waals surface area contributed by atoms with Crippen LogP contribution in [0.15, 0.2) is 46.8 Å². The first-order valence-electron chi connectivity index (χ1n) is 7.83. The van der Waals surface area contributed by atoms with E-state index in [-0.39, 0.29) is 17.2 Å². The first-order valence-corrected chi connectivity index (χ1v) is 8.71. The molecular weight excluding hydrogens is 322 g/mol. The fourth-order valence-electron chi connectivity index (χ4n) is 2.51. The zero-order valence-corrected chi connectivity index (χ0v) is 14.6. The number of carbonyl (C=O) groups is 1. The van der Waals surface area contributed by atoms with Crippen LogP contribution < -0.4 is 10.9 Å². The van der Waals surface area contributed by atoms with Crippen molar-refractivity contribution in [3.8, 4) is 0 Å². The molecule has 1 atom stereocenters. The summed E-state index contributed by atoms with van der Waals surface area (Å²) in [6, 6.07) is 7.95. The van der Waals surface area contributed by atoms with Crippen LogP contribution in [0.1, 0.15) is 54.2 Å². The molecular formula is C18H19N3O2S. The van der Waals surface area contributed by atoms with Gasteiger partial charge in [-0.3, -0.25) is 14.0 Å². The molecule has 0 radical (unpaired) electrons. The number of nitrogens with one attached hydrogen (secondary N) is 1. The summed E-state index contributed by atoms with van der Waals surface area (Å²) in [6.45, 7) is 6.18. The Labute approximate surface area is 144 Å². The highest BCUT2D eigenvalue weighted by atomic mass is 32.1. The molecule has 0 spiro atoms. The number of carbonyl (C=O) groups excluding carboxylic acids is 1. The van der Waals surface area contributed by atoms with Gasteiger partial charge in [0.1, 0.15) is 5.56 Å². The molecule has 1 N–H and O–H groups in total. The molecule has 0 aliphatic rings. The van der Waals surface area contributed by atoms with E-state index in [1.54, 1.807) is 11.6 Å². The van der Waals surface area contributed by atoms with Gasteiger partial charge in [-0.1, -0.05) is 38.1 Å². The van der Waals surface area contributed by atoms with E-state index in [0.717, 1.165) is 5.56 Å². The maximum atomic E-state index is 12.4. The van der Waals surface area contributed by atoms with Gasteiger partial charge in [-0.15, -0.1) is 11.3 Å². The van der Waals surface area contributed by atoms with Crippen molar-refractivity contribution in [2.24, 2.45) is 0 Å². The molecule has 0 unspecified atom stereocenters. The van der Waals surface area contributed by atoms with Crippen LogP contribution in [-0.2, 0) is 0 Å². The maximum Gasteiger partial charge on any atom is 0.271 e. The van der Waals surface area contributed by atoms with Crippen molar-refractivity contribution in [1.82, 2.24) is 14.7 Å². The highest BCUT2D eigenvalue weighted by Gasteiger charge is 2.16. The summed E-state index contributed by atoms with van der Waals surface area (Å²) in [5.74, 6) is 0.0564. The molecule has 3 rings (SSSR count). The van der Waals surface area contributed by atoms with E-state index in [9.17, 15) is 9.59 Å². The van der Waals surface area contributed by atoms with Gasteiger partial charge in [0.15, 0.2) is 4.96 Å². The molecule has 24 heavy (non-hydrogen) atoms. The lowest BCUT2D eigenvalue weighted by molar-refractivity contribution is 0.0938. The monoisotopic (exact) mass is 341 g/mol. The molecule has 0 saturated carbocycles. The number of aromatic nitrogens is 2. The van der Waals surface area contributed by atoms with Gasteiger partial charge in [0.05, 0.1) is 6.04 Å². The molecule has 0 fully saturated rings. The molecule has 124 valence electrons. The van der Waals surface area contributed by atoms with Gasteiger partial charge in [-0.25, -0.2) is 4.98 Å². The Morgan fingerprint density at radius 1 is 1.17 bits per heavy atom. The van der Waals surface area contributed by atoms with E-state index in [4.69, 9.17) is 0 Å². The van der Waals surface area contributed by atoms with Crippen LogP contribution in [0.25, 0.3) is 4.96 Å². The summed E-state index contributed by atoms with van der Waals surface area (Å²) in [6.07, 6.45) is 2.97. The van der Waals surface area contributed by atoms with E-state index in [2.05, 4.69) is 36.3 Å². The molecule has 1 amide bonds. The van der Waals surface area contributed by atoms with Gasteiger partial charge < -0.3 is 5.32 Å². The number of fused-ring (bicyclic) bond motifs is 1. The number of thiazole rings is 1. The first-order chi connectivity index (χ1) is 11.5. The minimum absolute atomic E-state index is 0.0524. The minimum Gasteiger partial charge on any atom is -0.345 e. The lowest BCUT2D eigenvalue weighted by Crippen LogP contribution is -2.32. The molecule has 2 heterocycles. The molecule has 6 heteroatoms. The molecule has 2 aromatic heterocycles. The van der Waals surface area contributed by atoms with Crippen molar-refractivity contribution < 1.29 is 4.79 Å². The Hall–Kier alpha value is -2.47. The van der Waals surface area contributed by atoms with Gasteiger partial charge in [0.2, 0.25) is 0 Å². The average molecular weight is 341 g/mol. The number of nitrogens with zero attached hydrogens (tertiary/aromatic N) is 2. The van der Waals surface area contributed by atoms with Crippen LogP contribution in [0, 0.1) is 0 Å². The zero-order valence-electron chi connectivity index (χ0n) is 13.8. The second kappa shape index (κ2) is 6.57. The predicted molar refractivity (Wildman–Crippen MR) is 95.8 cm³/mol. The first kappa shape index (κ1) is 16.4. The smallest absolute Gasteiger partial charge is 0.271 e. The van der Waals surface area contributed by atoms with Gasteiger partial charge in [0, 0.05) is 17.8 Å². The minimum atomic E-state index is -0.409. The summed E-state index contributed by atoms with van der Waals surface area (Å²) in [7, 11) is 0. The standard InChI is InChI=1S/C18H19N3O2S/c1-11(2)13-4-6-14(7-5-13)12(3)20-16(22)15-10-19-18-21(17(15)23)8-9-24-18/h4-12H,1-3H3,(H,20,22)/t12-/m0/s1. The van der Waals surface area contributed by atoms with Gasteiger partial charge >= 0.3 is 0 Å². The normalized spacial score (nSPS) is 12.5. The number of hydrogen-bond acceptors (Lipinski definition) is 4. The molecule has 1 aromatic carbocycles. The average Bonchev–Trinajstić information content (AvgIpc) is 3.04. The fourth-order valence-corrected chi connectivity index (χ4v) is 3.18. The van der Waals surface area contributed by atoms with Crippen molar-refractivity contribution in [2.75, 3.05) is 0 Å². The third-order valence-corrected chi connectivity index (χ3v) is 4.81. The van der Waals surface area contributed by atoms with Crippen molar-refractivity contribution in [1.29, 1.82) is 0 Å². The maximum absolute atomic E-state index is 12.4. The zero-order chi connectivity index (χ0) is 17.3. The van der Waals surface area contributed by atoms with Gasteiger partial charge in [-0.2, -0.15) is 0 Å². The largest absolute Gasteiger partial charge is 0.345 e.